The van der Waals surface area contributed by atoms with Crippen molar-refractivity contribution < 1.29 is 19.1 Å². The Kier molecular flexibility index (Phi) is 8.76. The standard InChI is InChI=1S/C28H32N6O4/c29-28(30)31-15-7-6-12-23(35)32-22(17-18-13-14-19-8-4-5-9-20(19)16-18)25(36)33-24-26(37)34-27(24)38-21-10-2-1-3-11-21/h1-5,8-11,13-14,16,22,24,27H,6-7,12,15,17H2,(H,32,35)(H,33,36)(H,34,37)(H4,29,30,31). The summed E-state index contributed by atoms with van der Waals surface area (Å²) in [5.41, 5.74) is 11.5. The van der Waals surface area contributed by atoms with Crippen LogP contribution in [0.1, 0.15) is 24.8 Å². The van der Waals surface area contributed by atoms with Gasteiger partial charge in [0, 0.05) is 19.4 Å². The van der Waals surface area contributed by atoms with Gasteiger partial charge in [-0.1, -0.05) is 60.7 Å². The van der Waals surface area contributed by atoms with Crippen LogP contribution < -0.4 is 32.2 Å². The molecular formula is C28H32N6O4. The molecule has 3 aromatic rings. The van der Waals surface area contributed by atoms with Crippen LogP contribution in [0.3, 0.4) is 0 Å². The fourth-order valence-corrected chi connectivity index (χ4v) is 4.18. The number of β-lactam (4-membered cyclic amide) rings is 1. The molecule has 1 saturated heterocycles. The molecule has 7 N–H and O–H groups in total. The third-order valence-electron chi connectivity index (χ3n) is 6.19. The molecule has 1 heterocycles. The second-order valence-electron chi connectivity index (χ2n) is 9.12. The predicted molar refractivity (Wildman–Crippen MR) is 145 cm³/mol. The molecule has 10 heteroatoms. The predicted octanol–water partition coefficient (Wildman–Crippen LogP) is 1.33. The maximum Gasteiger partial charge on any atom is 0.251 e. The van der Waals surface area contributed by atoms with Crippen LogP contribution in [0.4, 0.5) is 0 Å². The first kappa shape index (κ1) is 26.5. The van der Waals surface area contributed by atoms with Crippen molar-refractivity contribution in [3.05, 3.63) is 78.4 Å². The van der Waals surface area contributed by atoms with Crippen molar-refractivity contribution in [2.45, 2.75) is 44.0 Å². The van der Waals surface area contributed by atoms with E-state index in [-0.39, 0.29) is 30.6 Å². The average Bonchev–Trinajstić information content (AvgIpc) is 2.91. The SMILES string of the molecule is NC(N)=NCCCCC(=O)NC(Cc1ccc2ccccc2c1)C(=O)NC1C(=O)NC1Oc1ccccc1. The molecule has 0 bridgehead atoms. The summed E-state index contributed by atoms with van der Waals surface area (Å²) in [5, 5.41) is 10.4. The largest absolute Gasteiger partial charge is 0.468 e. The normalized spacial score (nSPS) is 17.0. The topological polar surface area (TPSA) is 161 Å². The van der Waals surface area contributed by atoms with Crippen LogP contribution in [-0.2, 0) is 20.8 Å². The summed E-state index contributed by atoms with van der Waals surface area (Å²) in [4.78, 5) is 42.2. The molecule has 4 rings (SSSR count). The Morgan fingerprint density at radius 2 is 1.71 bits per heavy atom. The number of rotatable bonds is 12. The molecule has 1 fully saturated rings. The van der Waals surface area contributed by atoms with Crippen molar-refractivity contribution in [3.63, 3.8) is 0 Å². The molecular weight excluding hydrogens is 484 g/mol. The van der Waals surface area contributed by atoms with Crippen LogP contribution in [0.5, 0.6) is 5.75 Å². The molecule has 198 valence electrons. The van der Waals surface area contributed by atoms with Crippen LogP contribution >= 0.6 is 0 Å². The fraction of sp³-hybridized carbons (Fsp3) is 0.286. The zero-order valence-electron chi connectivity index (χ0n) is 20.9. The smallest absolute Gasteiger partial charge is 0.251 e. The van der Waals surface area contributed by atoms with Crippen molar-refractivity contribution in [2.75, 3.05) is 6.54 Å². The Morgan fingerprint density at radius 1 is 0.974 bits per heavy atom. The molecule has 0 spiro atoms. The summed E-state index contributed by atoms with van der Waals surface area (Å²) in [6.45, 7) is 0.427. The number of nitrogens with zero attached hydrogens (tertiary/aromatic N) is 1. The van der Waals surface area contributed by atoms with E-state index >= 15 is 0 Å². The lowest BCUT2D eigenvalue weighted by Gasteiger charge is -2.37. The van der Waals surface area contributed by atoms with Gasteiger partial charge in [-0.2, -0.15) is 0 Å². The number of aliphatic imine (C=N–C) groups is 1. The zero-order valence-corrected chi connectivity index (χ0v) is 20.9. The average molecular weight is 517 g/mol. The summed E-state index contributed by atoms with van der Waals surface area (Å²) in [6, 6.07) is 21.1. The van der Waals surface area contributed by atoms with Gasteiger partial charge in [0.1, 0.15) is 11.8 Å². The van der Waals surface area contributed by atoms with E-state index in [1.54, 1.807) is 12.1 Å². The van der Waals surface area contributed by atoms with E-state index < -0.39 is 24.2 Å². The number of hydrogen-bond donors (Lipinski definition) is 5. The first-order valence-electron chi connectivity index (χ1n) is 12.5. The van der Waals surface area contributed by atoms with Crippen LogP contribution in [0.15, 0.2) is 77.8 Å². The van der Waals surface area contributed by atoms with Gasteiger partial charge in [0.25, 0.3) is 5.91 Å². The number of para-hydroxylation sites is 1. The number of nitrogens with two attached hydrogens (primary N) is 2. The summed E-state index contributed by atoms with van der Waals surface area (Å²) in [6.07, 6.45) is 0.958. The molecule has 1 aliphatic rings. The first-order chi connectivity index (χ1) is 18.4. The van der Waals surface area contributed by atoms with Crippen molar-refractivity contribution in [1.82, 2.24) is 16.0 Å². The summed E-state index contributed by atoms with van der Waals surface area (Å²) in [5.74, 6) is -0.510. The number of carbonyl (C=O) groups excluding carboxylic acids is 3. The van der Waals surface area contributed by atoms with Gasteiger partial charge in [0.05, 0.1) is 0 Å². The highest BCUT2D eigenvalue weighted by molar-refractivity contribution is 5.95. The number of hydrogen-bond acceptors (Lipinski definition) is 5. The van der Waals surface area contributed by atoms with Crippen LogP contribution in [0.25, 0.3) is 10.8 Å². The van der Waals surface area contributed by atoms with Crippen molar-refractivity contribution in [1.29, 1.82) is 0 Å². The number of ether oxygens (including phenoxy) is 1. The van der Waals surface area contributed by atoms with E-state index in [0.717, 1.165) is 16.3 Å². The molecule has 0 radical (unpaired) electrons. The quantitative estimate of drug-likeness (QED) is 0.106. The maximum absolute atomic E-state index is 13.3. The molecule has 3 amide bonds. The van der Waals surface area contributed by atoms with Gasteiger partial charge in [-0.05, 0) is 41.3 Å². The summed E-state index contributed by atoms with van der Waals surface area (Å²) < 4.78 is 5.79. The molecule has 0 aliphatic carbocycles. The second kappa shape index (κ2) is 12.6. The number of fused-ring (bicyclic) bond motifs is 1. The molecule has 0 aromatic heterocycles. The van der Waals surface area contributed by atoms with Gasteiger partial charge < -0.3 is 32.2 Å². The minimum absolute atomic E-state index is 0.0103. The number of nitrogens with one attached hydrogen (secondary N) is 3. The Bertz CT molecular complexity index is 1310. The lowest BCUT2D eigenvalue weighted by atomic mass is 10.00. The Hall–Kier alpha value is -4.60. The number of unbranched alkanes of at least 4 members (excludes halogenated alkanes) is 1. The van der Waals surface area contributed by atoms with Crippen LogP contribution in [-0.4, -0.2) is 48.5 Å². The van der Waals surface area contributed by atoms with E-state index in [2.05, 4.69) is 20.9 Å². The van der Waals surface area contributed by atoms with E-state index in [1.165, 1.54) is 0 Å². The lowest BCUT2D eigenvalue weighted by molar-refractivity contribution is -0.144. The molecule has 1 aliphatic heterocycles. The molecule has 10 nitrogen and oxygen atoms in total. The van der Waals surface area contributed by atoms with Gasteiger partial charge in [-0.15, -0.1) is 0 Å². The maximum atomic E-state index is 13.3. The monoisotopic (exact) mass is 516 g/mol. The second-order valence-corrected chi connectivity index (χ2v) is 9.12. The molecule has 3 atom stereocenters. The van der Waals surface area contributed by atoms with Crippen molar-refractivity contribution in [2.24, 2.45) is 16.5 Å². The Labute approximate surface area is 220 Å². The third-order valence-corrected chi connectivity index (χ3v) is 6.19. The third kappa shape index (κ3) is 7.22. The molecule has 38 heavy (non-hydrogen) atoms. The highest BCUT2D eigenvalue weighted by Crippen LogP contribution is 2.18. The molecule has 3 unspecified atom stereocenters. The van der Waals surface area contributed by atoms with Gasteiger partial charge in [0.15, 0.2) is 12.0 Å². The van der Waals surface area contributed by atoms with Gasteiger partial charge in [0.2, 0.25) is 18.0 Å². The zero-order chi connectivity index (χ0) is 26.9. The van der Waals surface area contributed by atoms with Gasteiger partial charge in [-0.25, -0.2) is 0 Å². The highest BCUT2D eigenvalue weighted by atomic mass is 16.5. The van der Waals surface area contributed by atoms with E-state index in [1.807, 2.05) is 60.7 Å². The fourth-order valence-electron chi connectivity index (χ4n) is 4.18. The minimum atomic E-state index is -0.882. The molecule has 3 aromatic carbocycles. The minimum Gasteiger partial charge on any atom is -0.468 e. The van der Waals surface area contributed by atoms with Gasteiger partial charge >= 0.3 is 0 Å². The molecule has 0 saturated carbocycles. The van der Waals surface area contributed by atoms with E-state index in [4.69, 9.17) is 16.2 Å². The Morgan fingerprint density at radius 3 is 2.45 bits per heavy atom. The first-order valence-corrected chi connectivity index (χ1v) is 12.5. The summed E-state index contributed by atoms with van der Waals surface area (Å²) in [7, 11) is 0. The number of amides is 3. The van der Waals surface area contributed by atoms with Crippen molar-refractivity contribution in [3.8, 4) is 5.75 Å². The lowest BCUT2D eigenvalue weighted by Crippen LogP contribution is -2.72. The number of carbonyl (C=O) groups is 3. The van der Waals surface area contributed by atoms with E-state index in [9.17, 15) is 14.4 Å². The summed E-state index contributed by atoms with van der Waals surface area (Å²) >= 11 is 0. The number of guanidine groups is 1. The number of benzene rings is 3. The van der Waals surface area contributed by atoms with E-state index in [0.29, 0.717) is 25.1 Å². The van der Waals surface area contributed by atoms with Crippen molar-refractivity contribution >= 4 is 34.5 Å². The Balaban J connectivity index is 1.42. The van der Waals surface area contributed by atoms with Crippen LogP contribution in [0, 0.1) is 0 Å². The van der Waals surface area contributed by atoms with Gasteiger partial charge in [-0.3, -0.25) is 19.4 Å². The highest BCUT2D eigenvalue weighted by Gasteiger charge is 2.43. The van der Waals surface area contributed by atoms with Crippen LogP contribution in [0.2, 0.25) is 0 Å².